The molecule has 2 aromatic rings. The van der Waals surface area contributed by atoms with E-state index in [-0.39, 0.29) is 48.9 Å². The van der Waals surface area contributed by atoms with Gasteiger partial charge in [0.05, 0.1) is 18.0 Å². The van der Waals surface area contributed by atoms with Gasteiger partial charge in [0.15, 0.2) is 10.8 Å². The topological polar surface area (TPSA) is 107 Å². The number of carboxylic acids is 1. The summed E-state index contributed by atoms with van der Waals surface area (Å²) in [5, 5.41) is 15.7. The number of halogens is 3. The number of benzene rings is 1. The smallest absolute Gasteiger partial charge is 0.335 e. The molecule has 0 radical (unpaired) electrons. The standard InChI is InChI=1S/C29H30F3N5O4S/c1-3-10-41-27(40)28(7-8-28)37-12-18-21(14-37)36(15-29(18,31)32)13-20-22(26(38)39)23(17-5-4-6-19(30)16(17)2)35-24(34-20)25-33-9-11-42-25/h3-6,9,11,18,21,23H,1,7-8,10,12-15H2,2H3,(H,34,35)(H,38,39). The third-order valence-electron chi connectivity index (χ3n) is 8.71. The van der Waals surface area contributed by atoms with E-state index >= 15 is 8.78 Å². The van der Waals surface area contributed by atoms with E-state index in [4.69, 9.17) is 4.74 Å². The van der Waals surface area contributed by atoms with Crippen LogP contribution in [-0.2, 0) is 14.3 Å². The predicted molar refractivity (Wildman–Crippen MR) is 149 cm³/mol. The van der Waals surface area contributed by atoms with Gasteiger partial charge in [-0.3, -0.25) is 19.6 Å². The molecule has 3 unspecified atom stereocenters. The van der Waals surface area contributed by atoms with E-state index in [1.165, 1.54) is 29.5 Å². The first-order chi connectivity index (χ1) is 20.1. The van der Waals surface area contributed by atoms with Gasteiger partial charge in [0, 0.05) is 43.0 Å². The van der Waals surface area contributed by atoms with Gasteiger partial charge in [-0.05, 0) is 37.0 Å². The lowest BCUT2D eigenvalue weighted by atomic mass is 9.92. The van der Waals surface area contributed by atoms with Crippen LogP contribution in [0.2, 0.25) is 0 Å². The third kappa shape index (κ3) is 4.82. The summed E-state index contributed by atoms with van der Waals surface area (Å²) >= 11 is 1.28. The van der Waals surface area contributed by atoms with Crippen molar-refractivity contribution in [2.24, 2.45) is 10.9 Å². The van der Waals surface area contributed by atoms with Crippen LogP contribution in [0.25, 0.3) is 0 Å². The van der Waals surface area contributed by atoms with Gasteiger partial charge in [-0.2, -0.15) is 0 Å². The highest BCUT2D eigenvalue weighted by Crippen LogP contribution is 2.51. The molecule has 1 aliphatic carbocycles. The minimum atomic E-state index is -3.05. The van der Waals surface area contributed by atoms with Crippen molar-refractivity contribution in [3.63, 3.8) is 0 Å². The molecule has 9 nitrogen and oxygen atoms in total. The fourth-order valence-corrected chi connectivity index (χ4v) is 6.99. The first-order valence-corrected chi connectivity index (χ1v) is 14.5. The summed E-state index contributed by atoms with van der Waals surface area (Å²) in [6.07, 6.45) is 4.11. The predicted octanol–water partition coefficient (Wildman–Crippen LogP) is 3.53. The SMILES string of the molecule is C=CCOC(=O)C1(N2CC3C(C2)C(F)(F)CN3CC2=C(C(=O)O)C(c3cccc(F)c3C)N=C(c3nccs3)N2)CC1. The summed E-state index contributed by atoms with van der Waals surface area (Å²) in [6, 6.07) is 2.69. The van der Waals surface area contributed by atoms with E-state index in [2.05, 4.69) is 21.9 Å². The van der Waals surface area contributed by atoms with E-state index < -0.39 is 53.8 Å². The van der Waals surface area contributed by atoms with Crippen molar-refractivity contribution in [3.05, 3.63) is 75.7 Å². The number of ether oxygens (including phenoxy) is 1. The molecule has 1 aromatic carbocycles. The second-order valence-electron chi connectivity index (χ2n) is 11.2. The molecule has 6 rings (SSSR count). The normalized spacial score (nSPS) is 26.4. The van der Waals surface area contributed by atoms with Gasteiger partial charge in [0.2, 0.25) is 0 Å². The van der Waals surface area contributed by atoms with Crippen LogP contribution in [-0.4, -0.2) is 88.0 Å². The molecule has 2 saturated heterocycles. The number of likely N-dealkylation sites (tertiary alicyclic amines) is 2. The lowest BCUT2D eigenvalue weighted by Crippen LogP contribution is -2.47. The number of carbonyl (C=O) groups excluding carboxylic acids is 1. The number of fused-ring (bicyclic) bond motifs is 1. The second-order valence-corrected chi connectivity index (χ2v) is 12.1. The number of aliphatic carboxylic acids is 1. The van der Waals surface area contributed by atoms with Crippen LogP contribution in [0.4, 0.5) is 13.2 Å². The average Bonchev–Trinajstić information content (AvgIpc) is 3.28. The molecule has 1 aromatic heterocycles. The van der Waals surface area contributed by atoms with Crippen LogP contribution < -0.4 is 5.32 Å². The Bertz CT molecular complexity index is 1490. The molecular weight excluding hydrogens is 571 g/mol. The van der Waals surface area contributed by atoms with E-state index in [0.29, 0.717) is 23.4 Å². The van der Waals surface area contributed by atoms with Gasteiger partial charge in [0.1, 0.15) is 24.0 Å². The first-order valence-electron chi connectivity index (χ1n) is 13.7. The van der Waals surface area contributed by atoms with Gasteiger partial charge in [-0.15, -0.1) is 11.3 Å². The number of carbonyl (C=O) groups is 2. The molecule has 222 valence electrons. The molecular formula is C29H30F3N5O4S. The number of hydrogen-bond acceptors (Lipinski definition) is 9. The third-order valence-corrected chi connectivity index (χ3v) is 9.49. The molecule has 2 N–H and O–H groups in total. The number of aliphatic imine (C=N–C) groups is 1. The van der Waals surface area contributed by atoms with E-state index in [1.807, 2.05) is 0 Å². The number of hydrogen-bond donors (Lipinski definition) is 2. The molecule has 0 bridgehead atoms. The number of carboxylic acid groups (broad SMARTS) is 1. The van der Waals surface area contributed by atoms with Crippen molar-refractivity contribution in [1.82, 2.24) is 20.1 Å². The van der Waals surface area contributed by atoms with Crippen LogP contribution in [0.3, 0.4) is 0 Å². The minimum Gasteiger partial charge on any atom is -0.478 e. The van der Waals surface area contributed by atoms with Crippen molar-refractivity contribution < 1.29 is 32.6 Å². The van der Waals surface area contributed by atoms with Crippen LogP contribution in [0.1, 0.15) is 35.0 Å². The van der Waals surface area contributed by atoms with E-state index in [0.717, 1.165) is 0 Å². The maximum atomic E-state index is 15.5. The number of thiazole rings is 1. The summed E-state index contributed by atoms with van der Waals surface area (Å²) < 4.78 is 50.8. The number of nitrogens with one attached hydrogen (secondary N) is 1. The Hall–Kier alpha value is -3.55. The maximum Gasteiger partial charge on any atom is 0.335 e. The number of alkyl halides is 2. The van der Waals surface area contributed by atoms with Gasteiger partial charge in [-0.25, -0.2) is 22.9 Å². The van der Waals surface area contributed by atoms with Crippen molar-refractivity contribution in [3.8, 4) is 0 Å². The van der Waals surface area contributed by atoms with Gasteiger partial charge >= 0.3 is 11.9 Å². The summed E-state index contributed by atoms with van der Waals surface area (Å²) in [6.45, 7) is 4.73. The summed E-state index contributed by atoms with van der Waals surface area (Å²) in [5.41, 5.74) is -0.239. The molecule has 0 spiro atoms. The Morgan fingerprint density at radius 3 is 2.76 bits per heavy atom. The molecule has 3 atom stereocenters. The lowest BCUT2D eigenvalue weighted by molar-refractivity contribution is -0.151. The summed E-state index contributed by atoms with van der Waals surface area (Å²) in [4.78, 5) is 37.8. The lowest BCUT2D eigenvalue weighted by Gasteiger charge is -2.32. The Labute approximate surface area is 244 Å². The van der Waals surface area contributed by atoms with Crippen molar-refractivity contribution >= 4 is 29.1 Å². The van der Waals surface area contributed by atoms with Crippen LogP contribution in [0.5, 0.6) is 0 Å². The minimum absolute atomic E-state index is 0.0343. The van der Waals surface area contributed by atoms with Crippen LogP contribution >= 0.6 is 11.3 Å². The zero-order valence-corrected chi connectivity index (χ0v) is 23.7. The molecule has 4 heterocycles. The zero-order valence-electron chi connectivity index (χ0n) is 22.9. The largest absolute Gasteiger partial charge is 0.478 e. The summed E-state index contributed by atoms with van der Waals surface area (Å²) in [5.74, 6) is -6.02. The van der Waals surface area contributed by atoms with E-state index in [1.54, 1.807) is 34.4 Å². The molecule has 3 aliphatic heterocycles. The highest BCUT2D eigenvalue weighted by atomic mass is 32.1. The Balaban J connectivity index is 1.34. The summed E-state index contributed by atoms with van der Waals surface area (Å²) in [7, 11) is 0. The number of esters is 1. The fourth-order valence-electron chi connectivity index (χ4n) is 6.41. The van der Waals surface area contributed by atoms with Crippen molar-refractivity contribution in [1.29, 1.82) is 0 Å². The Kier molecular flexibility index (Phi) is 7.22. The van der Waals surface area contributed by atoms with Crippen LogP contribution in [0, 0.1) is 18.7 Å². The molecule has 4 aliphatic rings. The quantitative estimate of drug-likeness (QED) is 0.332. The molecule has 0 amide bonds. The molecule has 42 heavy (non-hydrogen) atoms. The highest BCUT2D eigenvalue weighted by molar-refractivity contribution is 7.11. The fraction of sp³-hybridized carbons (Fsp3) is 0.448. The number of amidine groups is 1. The highest BCUT2D eigenvalue weighted by Gasteiger charge is 2.65. The Morgan fingerprint density at radius 2 is 2.10 bits per heavy atom. The number of rotatable bonds is 9. The van der Waals surface area contributed by atoms with Gasteiger partial charge in [-0.1, -0.05) is 24.8 Å². The zero-order chi connectivity index (χ0) is 29.8. The van der Waals surface area contributed by atoms with Gasteiger partial charge < -0.3 is 15.2 Å². The van der Waals surface area contributed by atoms with Gasteiger partial charge in [0.25, 0.3) is 5.92 Å². The van der Waals surface area contributed by atoms with Crippen molar-refractivity contribution in [2.45, 2.75) is 43.3 Å². The second kappa shape index (κ2) is 10.6. The van der Waals surface area contributed by atoms with Crippen LogP contribution in [0.15, 0.2) is 58.7 Å². The van der Waals surface area contributed by atoms with E-state index in [9.17, 15) is 19.1 Å². The average molecular weight is 602 g/mol. The maximum absolute atomic E-state index is 15.5. The molecule has 3 fully saturated rings. The molecule has 1 saturated carbocycles. The van der Waals surface area contributed by atoms with Crippen molar-refractivity contribution in [2.75, 3.05) is 32.8 Å². The molecule has 13 heteroatoms. The monoisotopic (exact) mass is 601 g/mol. The number of nitrogens with zero attached hydrogens (tertiary/aromatic N) is 4. The number of aromatic nitrogens is 1. The first kappa shape index (κ1) is 28.6. The Morgan fingerprint density at radius 1 is 1.31 bits per heavy atom.